The van der Waals surface area contributed by atoms with Crippen LogP contribution in [0.25, 0.3) is 5.69 Å². The van der Waals surface area contributed by atoms with Crippen LogP contribution in [0.3, 0.4) is 0 Å². The second kappa shape index (κ2) is 9.40. The molecule has 160 valence electrons. The average molecular weight is 458 g/mol. The van der Waals surface area contributed by atoms with Crippen LogP contribution in [-0.4, -0.2) is 41.2 Å². The zero-order valence-corrected chi connectivity index (χ0v) is 18.6. The van der Waals surface area contributed by atoms with Crippen LogP contribution in [0.5, 0.6) is 0 Å². The van der Waals surface area contributed by atoms with Gasteiger partial charge in [0.15, 0.2) is 5.16 Å². The number of nitrogens with one attached hydrogen (secondary N) is 1. The zero-order valence-electron chi connectivity index (χ0n) is 16.9. The summed E-state index contributed by atoms with van der Waals surface area (Å²) in [7, 11) is 1.96. The molecule has 1 amide bonds. The summed E-state index contributed by atoms with van der Waals surface area (Å²) in [4.78, 5) is 12.4. The van der Waals surface area contributed by atoms with Crippen molar-refractivity contribution in [1.82, 2.24) is 29.5 Å². The van der Waals surface area contributed by atoms with Crippen molar-refractivity contribution in [3.05, 3.63) is 64.9 Å². The molecule has 0 fully saturated rings. The molecule has 3 heterocycles. The number of hydrogen-bond donors (Lipinski definition) is 1. The van der Waals surface area contributed by atoms with Gasteiger partial charge in [-0.05, 0) is 42.8 Å². The molecule has 0 aliphatic carbocycles. The van der Waals surface area contributed by atoms with E-state index in [1.165, 1.54) is 35.2 Å². The van der Waals surface area contributed by atoms with E-state index in [1.807, 2.05) is 41.4 Å². The Hall–Kier alpha value is -3.05. The van der Waals surface area contributed by atoms with E-state index >= 15 is 0 Å². The predicted octanol–water partition coefficient (Wildman–Crippen LogP) is 3.48. The largest absolute Gasteiger partial charge is 0.354 e. The highest BCUT2D eigenvalue weighted by Gasteiger charge is 2.18. The molecule has 1 aromatic carbocycles. The van der Waals surface area contributed by atoms with Crippen molar-refractivity contribution in [3.63, 3.8) is 0 Å². The van der Waals surface area contributed by atoms with Crippen molar-refractivity contribution in [1.29, 1.82) is 0 Å². The first kappa shape index (κ1) is 21.2. The van der Waals surface area contributed by atoms with Crippen molar-refractivity contribution in [2.75, 3.05) is 11.1 Å². The fraction of sp³-hybridized carbons (Fsp3) is 0.250. The van der Waals surface area contributed by atoms with Gasteiger partial charge >= 0.3 is 0 Å². The van der Waals surface area contributed by atoms with Crippen LogP contribution in [-0.2, 0) is 24.7 Å². The van der Waals surface area contributed by atoms with Crippen molar-refractivity contribution in [2.24, 2.45) is 7.05 Å². The summed E-state index contributed by atoms with van der Waals surface area (Å²) >= 11 is 2.61. The van der Waals surface area contributed by atoms with E-state index in [1.54, 1.807) is 12.1 Å². The smallest absolute Gasteiger partial charge is 0.236 e. The highest BCUT2D eigenvalue weighted by atomic mass is 32.2. The molecule has 8 nitrogen and oxygen atoms in total. The first-order valence-electron chi connectivity index (χ1n) is 9.59. The van der Waals surface area contributed by atoms with Gasteiger partial charge in [0, 0.05) is 31.0 Å². The third-order valence-electron chi connectivity index (χ3n) is 4.52. The van der Waals surface area contributed by atoms with Crippen molar-refractivity contribution in [3.8, 4) is 5.69 Å². The van der Waals surface area contributed by atoms with Crippen LogP contribution in [0.1, 0.15) is 23.4 Å². The highest BCUT2D eigenvalue weighted by molar-refractivity contribution is 7.99. The number of aromatic nitrogens is 6. The number of nitrogens with zero attached hydrogens (tertiary/aromatic N) is 6. The molecule has 0 aliphatic heterocycles. The summed E-state index contributed by atoms with van der Waals surface area (Å²) in [5, 5.41) is 21.3. The summed E-state index contributed by atoms with van der Waals surface area (Å²) in [5.41, 5.74) is 1.79. The van der Waals surface area contributed by atoms with Crippen LogP contribution in [0, 0.1) is 5.82 Å². The van der Waals surface area contributed by atoms with E-state index in [0.29, 0.717) is 22.5 Å². The average Bonchev–Trinajstić information content (AvgIpc) is 3.48. The molecule has 4 aromatic rings. The Morgan fingerprint density at radius 2 is 1.97 bits per heavy atom. The van der Waals surface area contributed by atoms with E-state index < -0.39 is 0 Å². The number of thioether (sulfide) groups is 1. The Morgan fingerprint density at radius 1 is 1.16 bits per heavy atom. The van der Waals surface area contributed by atoms with Gasteiger partial charge < -0.3 is 4.57 Å². The minimum Gasteiger partial charge on any atom is -0.354 e. The van der Waals surface area contributed by atoms with Crippen LogP contribution in [0.4, 0.5) is 9.52 Å². The van der Waals surface area contributed by atoms with Crippen LogP contribution < -0.4 is 5.32 Å². The quantitative estimate of drug-likeness (QED) is 0.408. The maximum Gasteiger partial charge on any atom is 0.236 e. The molecule has 0 spiro atoms. The summed E-state index contributed by atoms with van der Waals surface area (Å²) in [6.45, 7) is 1.98. The summed E-state index contributed by atoms with van der Waals surface area (Å²) in [6.07, 6.45) is 3.28. The molecule has 0 aliphatic rings. The molecule has 0 unspecified atom stereocenters. The van der Waals surface area contributed by atoms with E-state index in [4.69, 9.17) is 0 Å². The number of halogens is 1. The summed E-state index contributed by atoms with van der Waals surface area (Å²) in [5.74, 6) is 0.303. The number of amides is 1. The number of hydrogen-bond acceptors (Lipinski definition) is 7. The van der Waals surface area contributed by atoms with Gasteiger partial charge in [0.25, 0.3) is 0 Å². The predicted molar refractivity (Wildman–Crippen MR) is 118 cm³/mol. The molecule has 4 rings (SSSR count). The lowest BCUT2D eigenvalue weighted by Gasteiger charge is -2.11. The van der Waals surface area contributed by atoms with Gasteiger partial charge in [-0.2, -0.15) is 0 Å². The van der Waals surface area contributed by atoms with E-state index in [-0.39, 0.29) is 17.5 Å². The highest BCUT2D eigenvalue weighted by Crippen LogP contribution is 2.24. The molecular formula is C20H20FN7OS2. The number of carbonyl (C=O) groups excluding carboxylic acids is 1. The molecule has 0 bridgehead atoms. The van der Waals surface area contributed by atoms with Gasteiger partial charge in [0.1, 0.15) is 16.6 Å². The first-order chi connectivity index (χ1) is 15.0. The number of aryl methyl sites for hydroxylation is 2. The third kappa shape index (κ3) is 5.00. The lowest BCUT2D eigenvalue weighted by atomic mass is 10.2. The summed E-state index contributed by atoms with van der Waals surface area (Å²) < 4.78 is 17.3. The topological polar surface area (TPSA) is 90.5 Å². The molecule has 1 N–H and O–H groups in total. The lowest BCUT2D eigenvalue weighted by Crippen LogP contribution is -2.14. The van der Waals surface area contributed by atoms with Crippen LogP contribution in [0.15, 0.2) is 47.8 Å². The van der Waals surface area contributed by atoms with E-state index in [0.717, 1.165) is 22.8 Å². The van der Waals surface area contributed by atoms with Crippen molar-refractivity contribution >= 4 is 34.1 Å². The van der Waals surface area contributed by atoms with Gasteiger partial charge in [-0.1, -0.05) is 30.0 Å². The molecule has 31 heavy (non-hydrogen) atoms. The number of benzene rings is 1. The second-order valence-electron chi connectivity index (χ2n) is 6.69. The van der Waals surface area contributed by atoms with Crippen LogP contribution in [0.2, 0.25) is 0 Å². The monoisotopic (exact) mass is 457 g/mol. The van der Waals surface area contributed by atoms with Gasteiger partial charge in [-0.15, -0.1) is 20.4 Å². The molecule has 3 aromatic heterocycles. The Morgan fingerprint density at radius 3 is 2.65 bits per heavy atom. The Kier molecular flexibility index (Phi) is 6.42. The minimum absolute atomic E-state index is 0.129. The molecule has 11 heteroatoms. The fourth-order valence-corrected chi connectivity index (χ4v) is 4.40. The third-order valence-corrected chi connectivity index (χ3v) is 6.44. The van der Waals surface area contributed by atoms with Crippen LogP contribution >= 0.6 is 23.1 Å². The Labute approximate surface area is 186 Å². The van der Waals surface area contributed by atoms with E-state index in [2.05, 4.69) is 25.7 Å². The Bertz CT molecular complexity index is 1180. The molecule has 0 saturated carbocycles. The molecule has 0 atom stereocenters. The molecule has 0 saturated heterocycles. The lowest BCUT2D eigenvalue weighted by molar-refractivity contribution is -0.113. The van der Waals surface area contributed by atoms with Crippen molar-refractivity contribution < 1.29 is 9.18 Å². The normalized spacial score (nSPS) is 11.1. The molecule has 0 radical (unpaired) electrons. The van der Waals surface area contributed by atoms with Gasteiger partial charge in [-0.25, -0.2) is 4.39 Å². The second-order valence-corrected chi connectivity index (χ2v) is 8.69. The number of rotatable bonds is 8. The number of anilines is 1. The van der Waals surface area contributed by atoms with Gasteiger partial charge in [0.2, 0.25) is 11.0 Å². The summed E-state index contributed by atoms with van der Waals surface area (Å²) in [6, 6.07) is 10.1. The minimum atomic E-state index is -0.321. The van der Waals surface area contributed by atoms with Gasteiger partial charge in [0.05, 0.1) is 5.75 Å². The Balaban J connectivity index is 1.54. The molecular weight excluding hydrogens is 437 g/mol. The standard InChI is InChI=1S/C20H20FN7OS2/c1-3-18-24-25-19(31-18)22-17(29)12-30-20-26-23-16(11-15-5-4-10-27(15)2)28(20)14-8-6-13(21)7-9-14/h4-10H,3,11-12H2,1-2H3,(H,22,25,29). The van der Waals surface area contributed by atoms with Gasteiger partial charge in [-0.3, -0.25) is 14.7 Å². The maximum absolute atomic E-state index is 13.5. The zero-order chi connectivity index (χ0) is 21.8. The maximum atomic E-state index is 13.5. The van der Waals surface area contributed by atoms with Crippen molar-refractivity contribution in [2.45, 2.75) is 24.9 Å². The number of carbonyl (C=O) groups is 1. The first-order valence-corrected chi connectivity index (χ1v) is 11.4. The SMILES string of the molecule is CCc1nnc(NC(=O)CSc2nnc(Cc3cccn3C)n2-c2ccc(F)cc2)s1. The fourth-order valence-electron chi connectivity index (χ4n) is 2.93. The van der Waals surface area contributed by atoms with E-state index in [9.17, 15) is 9.18 Å².